The largest absolute Gasteiger partial charge is 0.271 e. The molecular weight excluding hydrogens is 246 g/mol. The molecule has 3 N–H and O–H groups in total. The van der Waals surface area contributed by atoms with Gasteiger partial charge in [0.2, 0.25) is 0 Å². The molecule has 3 heteroatoms. The maximum absolute atomic E-state index is 5.81. The smallest absolute Gasteiger partial charge is 0.0484 e. The van der Waals surface area contributed by atoms with Crippen molar-refractivity contribution in [1.82, 2.24) is 10.4 Å². The van der Waals surface area contributed by atoms with Gasteiger partial charge in [0.15, 0.2) is 0 Å². The lowest BCUT2D eigenvalue weighted by molar-refractivity contribution is 0.224. The second-order valence-corrected chi connectivity index (χ2v) is 6.67. The minimum Gasteiger partial charge on any atom is -0.271 e. The lowest BCUT2D eigenvalue weighted by Crippen LogP contribution is -2.32. The number of nitrogens with zero attached hydrogens (tertiary/aromatic N) is 1. The number of aromatic nitrogens is 1. The summed E-state index contributed by atoms with van der Waals surface area (Å²) in [7, 11) is 0. The number of rotatable bonds is 4. The maximum Gasteiger partial charge on any atom is 0.0484 e. The van der Waals surface area contributed by atoms with E-state index in [1.54, 1.807) is 0 Å². The van der Waals surface area contributed by atoms with Crippen LogP contribution < -0.4 is 11.3 Å². The summed E-state index contributed by atoms with van der Waals surface area (Å²) in [6.07, 6.45) is 4.83. The van der Waals surface area contributed by atoms with Gasteiger partial charge >= 0.3 is 0 Å². The molecule has 108 valence electrons. The molecule has 1 aromatic heterocycles. The molecule has 2 rings (SSSR count). The zero-order chi connectivity index (χ0) is 14.8. The molecule has 0 bridgehead atoms. The monoisotopic (exact) mass is 271 g/mol. The molecule has 3 nitrogen and oxygen atoms in total. The van der Waals surface area contributed by atoms with Crippen molar-refractivity contribution in [3.63, 3.8) is 0 Å². The van der Waals surface area contributed by atoms with E-state index in [9.17, 15) is 0 Å². The minimum atomic E-state index is 0.128. The molecule has 0 aliphatic heterocycles. The average Bonchev–Trinajstić information content (AvgIpc) is 2.43. The molecule has 20 heavy (non-hydrogen) atoms. The third-order valence-corrected chi connectivity index (χ3v) is 4.34. The van der Waals surface area contributed by atoms with Crippen LogP contribution in [0.5, 0.6) is 0 Å². The van der Waals surface area contributed by atoms with E-state index in [-0.39, 0.29) is 11.5 Å². The summed E-state index contributed by atoms with van der Waals surface area (Å²) in [5, 5.41) is 2.39. The Morgan fingerprint density at radius 3 is 2.55 bits per heavy atom. The number of pyridine rings is 1. The highest BCUT2D eigenvalue weighted by Gasteiger charge is 2.24. The van der Waals surface area contributed by atoms with Gasteiger partial charge in [-0.05, 0) is 28.7 Å². The second kappa shape index (κ2) is 5.90. The van der Waals surface area contributed by atoms with Gasteiger partial charge in [0.1, 0.15) is 0 Å². The normalized spacial score (nSPS) is 15.2. The Morgan fingerprint density at radius 1 is 1.20 bits per heavy atom. The highest BCUT2D eigenvalue weighted by Crippen LogP contribution is 2.34. The molecule has 2 aromatic rings. The van der Waals surface area contributed by atoms with Gasteiger partial charge < -0.3 is 0 Å². The molecule has 2 atom stereocenters. The van der Waals surface area contributed by atoms with E-state index in [2.05, 4.69) is 56.3 Å². The van der Waals surface area contributed by atoms with Crippen LogP contribution in [0.3, 0.4) is 0 Å². The number of fused-ring (bicyclic) bond motifs is 1. The van der Waals surface area contributed by atoms with Gasteiger partial charge in [0.25, 0.3) is 0 Å². The summed E-state index contributed by atoms with van der Waals surface area (Å²) in [5.41, 5.74) is 4.43. The van der Waals surface area contributed by atoms with Crippen molar-refractivity contribution in [3.8, 4) is 0 Å². The molecule has 0 aliphatic carbocycles. The van der Waals surface area contributed by atoms with Crippen LogP contribution in [-0.2, 0) is 0 Å². The van der Waals surface area contributed by atoms with Crippen LogP contribution in [0.15, 0.2) is 36.7 Å². The highest BCUT2D eigenvalue weighted by atomic mass is 15.2. The molecule has 0 aliphatic rings. The summed E-state index contributed by atoms with van der Waals surface area (Å²) in [6, 6.07) is 8.46. The molecule has 0 amide bonds. The molecule has 0 spiro atoms. The summed E-state index contributed by atoms with van der Waals surface area (Å²) < 4.78 is 0. The van der Waals surface area contributed by atoms with Gasteiger partial charge in [-0.15, -0.1) is 0 Å². The highest BCUT2D eigenvalue weighted by molar-refractivity contribution is 5.85. The average molecular weight is 271 g/mol. The van der Waals surface area contributed by atoms with Crippen LogP contribution in [0, 0.1) is 11.3 Å². The van der Waals surface area contributed by atoms with Crippen molar-refractivity contribution in [2.45, 2.75) is 40.2 Å². The number of hydrogen-bond acceptors (Lipinski definition) is 3. The van der Waals surface area contributed by atoms with Gasteiger partial charge in [0, 0.05) is 23.8 Å². The van der Waals surface area contributed by atoms with Crippen molar-refractivity contribution < 1.29 is 0 Å². The van der Waals surface area contributed by atoms with Gasteiger partial charge in [-0.25, -0.2) is 0 Å². The van der Waals surface area contributed by atoms with Crippen molar-refractivity contribution in [2.24, 2.45) is 17.2 Å². The van der Waals surface area contributed by atoms with Gasteiger partial charge in [0.05, 0.1) is 0 Å². The molecule has 0 saturated carbocycles. The Kier molecular flexibility index (Phi) is 4.41. The first-order valence-corrected chi connectivity index (χ1v) is 7.22. The quantitative estimate of drug-likeness (QED) is 0.656. The predicted molar refractivity (Wildman–Crippen MR) is 85.0 cm³/mol. The Balaban J connectivity index is 2.35. The van der Waals surface area contributed by atoms with E-state index >= 15 is 0 Å². The van der Waals surface area contributed by atoms with E-state index in [1.165, 1.54) is 10.9 Å². The topological polar surface area (TPSA) is 50.9 Å². The van der Waals surface area contributed by atoms with Crippen LogP contribution in [0.1, 0.15) is 45.7 Å². The van der Waals surface area contributed by atoms with E-state index in [0.717, 1.165) is 11.8 Å². The van der Waals surface area contributed by atoms with Crippen molar-refractivity contribution in [3.05, 3.63) is 42.2 Å². The summed E-state index contributed by atoms with van der Waals surface area (Å²) in [6.45, 7) is 9.09. The number of hydrazine groups is 1. The molecule has 1 aromatic carbocycles. The molecule has 0 radical (unpaired) electrons. The Labute approximate surface area is 121 Å². The molecule has 1 heterocycles. The number of nitrogens with one attached hydrogen (secondary N) is 1. The van der Waals surface area contributed by atoms with Crippen LogP contribution >= 0.6 is 0 Å². The zero-order valence-corrected chi connectivity index (χ0v) is 12.9. The first-order chi connectivity index (χ1) is 9.43. The van der Waals surface area contributed by atoms with Crippen molar-refractivity contribution >= 4 is 10.8 Å². The molecule has 0 fully saturated rings. The third-order valence-electron chi connectivity index (χ3n) is 4.34. The summed E-state index contributed by atoms with van der Waals surface area (Å²) in [4.78, 5) is 4.36. The first-order valence-electron chi connectivity index (χ1n) is 7.22. The molecule has 0 saturated heterocycles. The Morgan fingerprint density at radius 2 is 1.90 bits per heavy atom. The standard InChI is InChI=1S/C17H25N3/c1-12(17(2,3)4)9-16(20-18)15-11-19-10-13-7-5-6-8-14(13)15/h5-8,10-12,16,20H,9,18H2,1-4H3. The van der Waals surface area contributed by atoms with E-state index in [1.807, 2.05) is 18.5 Å². The van der Waals surface area contributed by atoms with Gasteiger partial charge in [-0.1, -0.05) is 52.0 Å². The fraction of sp³-hybridized carbons (Fsp3) is 0.471. The minimum absolute atomic E-state index is 0.128. The molecular formula is C17H25N3. The number of benzene rings is 1. The van der Waals surface area contributed by atoms with Crippen molar-refractivity contribution in [1.29, 1.82) is 0 Å². The Bertz CT molecular complexity index is 566. The zero-order valence-electron chi connectivity index (χ0n) is 12.9. The van der Waals surface area contributed by atoms with Crippen LogP contribution in [-0.4, -0.2) is 4.98 Å². The first kappa shape index (κ1) is 14.9. The lowest BCUT2D eigenvalue weighted by atomic mass is 9.77. The third kappa shape index (κ3) is 3.17. The number of nitrogens with two attached hydrogens (primary N) is 1. The lowest BCUT2D eigenvalue weighted by Gasteiger charge is -2.31. The number of hydrogen-bond donors (Lipinski definition) is 2. The van der Waals surface area contributed by atoms with E-state index in [0.29, 0.717) is 5.92 Å². The SMILES string of the molecule is CC(CC(NN)c1cncc2ccccc12)C(C)(C)C. The second-order valence-electron chi connectivity index (χ2n) is 6.67. The summed E-state index contributed by atoms with van der Waals surface area (Å²) in [5.74, 6) is 6.37. The van der Waals surface area contributed by atoms with Crippen LogP contribution in [0.4, 0.5) is 0 Å². The maximum atomic E-state index is 5.81. The van der Waals surface area contributed by atoms with Gasteiger partial charge in [-0.2, -0.15) is 0 Å². The fourth-order valence-corrected chi connectivity index (χ4v) is 2.41. The van der Waals surface area contributed by atoms with Crippen molar-refractivity contribution in [2.75, 3.05) is 0 Å². The van der Waals surface area contributed by atoms with Crippen LogP contribution in [0.25, 0.3) is 10.8 Å². The van der Waals surface area contributed by atoms with Crippen LogP contribution in [0.2, 0.25) is 0 Å². The Hall–Kier alpha value is -1.45. The van der Waals surface area contributed by atoms with E-state index in [4.69, 9.17) is 5.84 Å². The summed E-state index contributed by atoms with van der Waals surface area (Å²) >= 11 is 0. The fourth-order valence-electron chi connectivity index (χ4n) is 2.41. The predicted octanol–water partition coefficient (Wildman–Crippen LogP) is 3.81. The van der Waals surface area contributed by atoms with Gasteiger partial charge in [-0.3, -0.25) is 16.3 Å². The van der Waals surface area contributed by atoms with E-state index < -0.39 is 0 Å². The molecule has 2 unspecified atom stereocenters.